The first-order valence-corrected chi connectivity index (χ1v) is 7.37. The number of alkyl carbamates (subject to hydrolysis) is 1. The molecule has 1 atom stereocenters. The summed E-state index contributed by atoms with van der Waals surface area (Å²) in [4.78, 5) is 15.9. The Morgan fingerprint density at radius 2 is 2.04 bits per heavy atom. The lowest BCUT2D eigenvalue weighted by Gasteiger charge is -2.20. The molecule has 0 saturated carbocycles. The highest BCUT2D eigenvalue weighted by Gasteiger charge is 2.22. The molecular formula is C16H19F2N3O3. The predicted octanol–water partition coefficient (Wildman–Crippen LogP) is 4.26. The number of nitrogens with zero attached hydrogens (tertiary/aromatic N) is 2. The van der Waals surface area contributed by atoms with Crippen LogP contribution in [0.3, 0.4) is 0 Å². The second-order valence-corrected chi connectivity index (χ2v) is 6.25. The first kappa shape index (κ1) is 17.8. The van der Waals surface area contributed by atoms with E-state index in [4.69, 9.17) is 9.26 Å². The number of alkyl halides is 2. The number of hydrogen-bond donors (Lipinski definition) is 1. The maximum atomic E-state index is 12.7. The van der Waals surface area contributed by atoms with Gasteiger partial charge >= 0.3 is 6.09 Å². The minimum atomic E-state index is -2.58. The zero-order valence-electron chi connectivity index (χ0n) is 13.8. The van der Waals surface area contributed by atoms with Gasteiger partial charge in [-0.25, -0.2) is 13.6 Å². The van der Waals surface area contributed by atoms with E-state index in [1.807, 2.05) is 0 Å². The average molecular weight is 339 g/mol. The van der Waals surface area contributed by atoms with Crippen molar-refractivity contribution in [1.82, 2.24) is 15.5 Å². The van der Waals surface area contributed by atoms with Gasteiger partial charge in [-0.15, -0.1) is 0 Å². The van der Waals surface area contributed by atoms with Gasteiger partial charge in [-0.1, -0.05) is 23.4 Å². The molecule has 6 nitrogen and oxygen atoms in total. The number of ether oxygens (including phenoxy) is 1. The standard InChI is InChI=1S/C16H19F2N3O3/c1-9(19-15(22)23-16(2,3)4)14-20-13(21-24-14)11-7-5-6-10(8-11)12(17)18/h5-9,12H,1-4H3,(H,19,22)/t9-/m0/s1. The quantitative estimate of drug-likeness (QED) is 0.900. The minimum Gasteiger partial charge on any atom is -0.444 e. The molecule has 0 aliphatic heterocycles. The Labute approximate surface area is 138 Å². The molecule has 0 fully saturated rings. The molecule has 0 aliphatic carbocycles. The fraction of sp³-hybridized carbons (Fsp3) is 0.438. The van der Waals surface area contributed by atoms with Gasteiger partial charge in [0.1, 0.15) is 11.6 Å². The van der Waals surface area contributed by atoms with Gasteiger partial charge in [0, 0.05) is 11.1 Å². The smallest absolute Gasteiger partial charge is 0.408 e. The van der Waals surface area contributed by atoms with Crippen molar-refractivity contribution in [1.29, 1.82) is 0 Å². The first-order chi connectivity index (χ1) is 11.2. The zero-order valence-corrected chi connectivity index (χ0v) is 13.8. The summed E-state index contributed by atoms with van der Waals surface area (Å²) in [6, 6.07) is 5.13. The number of rotatable bonds is 4. The molecule has 1 N–H and O–H groups in total. The summed E-state index contributed by atoms with van der Waals surface area (Å²) < 4.78 is 35.7. The number of halogens is 2. The second-order valence-electron chi connectivity index (χ2n) is 6.25. The Hall–Kier alpha value is -2.51. The summed E-state index contributed by atoms with van der Waals surface area (Å²) >= 11 is 0. The molecule has 130 valence electrons. The van der Waals surface area contributed by atoms with Gasteiger partial charge in [0.05, 0.1) is 0 Å². The van der Waals surface area contributed by atoms with E-state index in [0.717, 1.165) is 0 Å². The number of hydrogen-bond acceptors (Lipinski definition) is 5. The number of nitrogens with one attached hydrogen (secondary N) is 1. The molecule has 24 heavy (non-hydrogen) atoms. The topological polar surface area (TPSA) is 77.2 Å². The third-order valence-corrected chi connectivity index (χ3v) is 2.94. The normalized spacial score (nSPS) is 13.0. The van der Waals surface area contributed by atoms with Crippen molar-refractivity contribution in [3.05, 3.63) is 35.7 Å². The van der Waals surface area contributed by atoms with Gasteiger partial charge in [-0.05, 0) is 33.8 Å². The van der Waals surface area contributed by atoms with E-state index in [-0.39, 0.29) is 17.3 Å². The van der Waals surface area contributed by atoms with Crippen molar-refractivity contribution in [3.8, 4) is 11.4 Å². The third-order valence-electron chi connectivity index (χ3n) is 2.94. The maximum absolute atomic E-state index is 12.7. The lowest BCUT2D eigenvalue weighted by Crippen LogP contribution is -2.34. The molecule has 0 aliphatic rings. The molecule has 1 amide bonds. The Balaban J connectivity index is 2.10. The van der Waals surface area contributed by atoms with Crippen LogP contribution in [0.5, 0.6) is 0 Å². The van der Waals surface area contributed by atoms with Crippen LogP contribution in [0, 0.1) is 0 Å². The summed E-state index contributed by atoms with van der Waals surface area (Å²) in [6.45, 7) is 6.89. The van der Waals surface area contributed by atoms with Crippen LogP contribution in [0.4, 0.5) is 13.6 Å². The average Bonchev–Trinajstić information content (AvgIpc) is 2.95. The number of benzene rings is 1. The zero-order chi connectivity index (χ0) is 17.9. The Bertz CT molecular complexity index is 711. The highest BCUT2D eigenvalue weighted by atomic mass is 19.3. The summed E-state index contributed by atoms with van der Waals surface area (Å²) in [7, 11) is 0. The van der Waals surface area contributed by atoms with Crippen molar-refractivity contribution in [2.45, 2.75) is 45.8 Å². The van der Waals surface area contributed by atoms with E-state index in [9.17, 15) is 13.6 Å². The monoisotopic (exact) mass is 339 g/mol. The Morgan fingerprint density at radius 1 is 1.33 bits per heavy atom. The summed E-state index contributed by atoms with van der Waals surface area (Å²) in [6.07, 6.45) is -3.20. The van der Waals surface area contributed by atoms with Crippen molar-refractivity contribution in [3.63, 3.8) is 0 Å². The van der Waals surface area contributed by atoms with E-state index in [0.29, 0.717) is 5.56 Å². The molecule has 1 heterocycles. The van der Waals surface area contributed by atoms with Crippen LogP contribution >= 0.6 is 0 Å². The van der Waals surface area contributed by atoms with E-state index < -0.39 is 24.2 Å². The Morgan fingerprint density at radius 3 is 2.67 bits per heavy atom. The van der Waals surface area contributed by atoms with E-state index >= 15 is 0 Å². The maximum Gasteiger partial charge on any atom is 0.408 e. The SMILES string of the molecule is C[C@H](NC(=O)OC(C)(C)C)c1nc(-c2cccc(C(F)F)c2)no1. The molecule has 0 unspecified atom stereocenters. The van der Waals surface area contributed by atoms with E-state index in [1.54, 1.807) is 33.8 Å². The van der Waals surface area contributed by atoms with Crippen LogP contribution < -0.4 is 5.32 Å². The van der Waals surface area contributed by atoms with Crippen LogP contribution in [0.1, 0.15) is 51.6 Å². The van der Waals surface area contributed by atoms with Crippen LogP contribution in [-0.4, -0.2) is 21.8 Å². The highest BCUT2D eigenvalue weighted by Crippen LogP contribution is 2.25. The summed E-state index contributed by atoms with van der Waals surface area (Å²) in [5.74, 6) is 0.323. The molecule has 0 radical (unpaired) electrons. The lowest BCUT2D eigenvalue weighted by atomic mass is 10.1. The Kier molecular flexibility index (Phi) is 5.16. The molecule has 0 bridgehead atoms. The number of aromatic nitrogens is 2. The van der Waals surface area contributed by atoms with Crippen LogP contribution in [0.15, 0.2) is 28.8 Å². The molecule has 8 heteroatoms. The third kappa shape index (κ3) is 4.74. The lowest BCUT2D eigenvalue weighted by molar-refractivity contribution is 0.0499. The fourth-order valence-electron chi connectivity index (χ4n) is 1.89. The number of carbonyl (C=O) groups excluding carboxylic acids is 1. The van der Waals surface area contributed by atoms with Gasteiger partial charge < -0.3 is 14.6 Å². The molecule has 2 aromatic rings. The molecule has 0 saturated heterocycles. The van der Waals surface area contributed by atoms with E-state index in [1.165, 1.54) is 18.2 Å². The minimum absolute atomic E-state index is 0.126. The molecule has 1 aromatic heterocycles. The van der Waals surface area contributed by atoms with Gasteiger partial charge in [-0.3, -0.25) is 0 Å². The van der Waals surface area contributed by atoms with Gasteiger partial charge in [0.25, 0.3) is 6.43 Å². The number of carbonyl (C=O) groups is 1. The van der Waals surface area contributed by atoms with Gasteiger partial charge in [-0.2, -0.15) is 4.98 Å². The highest BCUT2D eigenvalue weighted by molar-refractivity contribution is 5.68. The second kappa shape index (κ2) is 6.94. The van der Waals surface area contributed by atoms with Crippen molar-refractivity contribution >= 4 is 6.09 Å². The number of amides is 1. The van der Waals surface area contributed by atoms with Crippen LogP contribution in [0.25, 0.3) is 11.4 Å². The van der Waals surface area contributed by atoms with Gasteiger partial charge in [0.15, 0.2) is 0 Å². The van der Waals surface area contributed by atoms with Crippen molar-refractivity contribution in [2.75, 3.05) is 0 Å². The molecule has 0 spiro atoms. The van der Waals surface area contributed by atoms with E-state index in [2.05, 4.69) is 15.5 Å². The summed E-state index contributed by atoms with van der Waals surface area (Å²) in [5, 5.41) is 6.34. The molecule has 1 aromatic carbocycles. The molecule has 2 rings (SSSR count). The largest absolute Gasteiger partial charge is 0.444 e. The van der Waals surface area contributed by atoms with Crippen molar-refractivity contribution in [2.24, 2.45) is 0 Å². The summed E-state index contributed by atoms with van der Waals surface area (Å²) in [5.41, 5.74) is -0.342. The van der Waals surface area contributed by atoms with Crippen LogP contribution in [-0.2, 0) is 4.74 Å². The fourth-order valence-corrected chi connectivity index (χ4v) is 1.89. The molecular weight excluding hydrogens is 320 g/mol. The van der Waals surface area contributed by atoms with Crippen LogP contribution in [0.2, 0.25) is 0 Å². The van der Waals surface area contributed by atoms with Gasteiger partial charge in [0.2, 0.25) is 11.7 Å². The van der Waals surface area contributed by atoms with Crippen molar-refractivity contribution < 1.29 is 22.8 Å². The predicted molar refractivity (Wildman–Crippen MR) is 82.5 cm³/mol. The first-order valence-electron chi connectivity index (χ1n) is 7.37.